The van der Waals surface area contributed by atoms with Crippen LogP contribution in [0.1, 0.15) is 41.2 Å². The third kappa shape index (κ3) is 5.77. The largest absolute Gasteiger partial charge is 0.497 e. The quantitative estimate of drug-likeness (QED) is 0.586. The van der Waals surface area contributed by atoms with E-state index >= 15 is 0 Å². The smallest absolute Gasteiger partial charge is 0.251 e. The number of hydrogen-bond donors (Lipinski definition) is 2. The maximum Gasteiger partial charge on any atom is 0.251 e. The van der Waals surface area contributed by atoms with Crippen molar-refractivity contribution in [3.05, 3.63) is 71.0 Å². The fourth-order valence-corrected chi connectivity index (χ4v) is 3.55. The zero-order valence-corrected chi connectivity index (χ0v) is 17.9. The van der Waals surface area contributed by atoms with Crippen LogP contribution in [-0.2, 0) is 6.42 Å². The van der Waals surface area contributed by atoms with Gasteiger partial charge in [0.15, 0.2) is 0 Å². The number of benzene rings is 2. The van der Waals surface area contributed by atoms with Crippen molar-refractivity contribution in [2.24, 2.45) is 0 Å². The molecule has 152 valence electrons. The predicted molar refractivity (Wildman–Crippen MR) is 117 cm³/mol. The van der Waals surface area contributed by atoms with Gasteiger partial charge in [-0.1, -0.05) is 29.8 Å². The molecule has 2 atom stereocenters. The second-order valence-electron chi connectivity index (χ2n) is 7.11. The zero-order chi connectivity index (χ0) is 20.8. The van der Waals surface area contributed by atoms with Crippen LogP contribution in [-0.4, -0.2) is 34.5 Å². The van der Waals surface area contributed by atoms with E-state index in [0.717, 1.165) is 16.7 Å². The van der Waals surface area contributed by atoms with E-state index in [2.05, 4.69) is 45.1 Å². The molecule has 0 aliphatic heterocycles. The van der Waals surface area contributed by atoms with Gasteiger partial charge in [0, 0.05) is 35.6 Å². The van der Waals surface area contributed by atoms with E-state index in [1.807, 2.05) is 19.9 Å². The van der Waals surface area contributed by atoms with Crippen LogP contribution in [0.4, 0.5) is 5.13 Å². The van der Waals surface area contributed by atoms with Crippen LogP contribution in [0.2, 0.25) is 0 Å². The molecule has 0 saturated heterocycles. The number of nitrogens with one attached hydrogen (secondary N) is 2. The molecule has 0 radical (unpaired) electrons. The summed E-state index contributed by atoms with van der Waals surface area (Å²) in [5.41, 5.74) is 3.02. The van der Waals surface area contributed by atoms with E-state index < -0.39 is 0 Å². The van der Waals surface area contributed by atoms with Crippen LogP contribution in [0, 0.1) is 6.92 Å². The molecule has 7 heteroatoms. The number of carbonyl (C=O) groups is 1. The number of aryl methyl sites for hydroxylation is 1. The molecule has 2 unspecified atom stereocenters. The zero-order valence-electron chi connectivity index (χ0n) is 17.1. The molecule has 29 heavy (non-hydrogen) atoms. The van der Waals surface area contributed by atoms with Crippen molar-refractivity contribution < 1.29 is 9.53 Å². The Bertz CT molecular complexity index is 955. The second kappa shape index (κ2) is 9.52. The first-order valence-electron chi connectivity index (χ1n) is 9.54. The molecule has 1 heterocycles. The Morgan fingerprint density at radius 3 is 2.59 bits per heavy atom. The molecular weight excluding hydrogens is 384 g/mol. The van der Waals surface area contributed by atoms with Gasteiger partial charge in [-0.3, -0.25) is 4.79 Å². The van der Waals surface area contributed by atoms with Gasteiger partial charge in [-0.05, 0) is 50.6 Å². The van der Waals surface area contributed by atoms with Gasteiger partial charge in [-0.15, -0.1) is 0 Å². The van der Waals surface area contributed by atoms with Crippen LogP contribution in [0.15, 0.2) is 48.5 Å². The number of methoxy groups -OCH3 is 1. The van der Waals surface area contributed by atoms with Crippen molar-refractivity contribution in [1.29, 1.82) is 0 Å². The van der Waals surface area contributed by atoms with Crippen LogP contribution >= 0.6 is 11.5 Å². The summed E-state index contributed by atoms with van der Waals surface area (Å²) in [6.45, 7) is 6.06. The summed E-state index contributed by atoms with van der Waals surface area (Å²) in [7, 11) is 1.60. The lowest BCUT2D eigenvalue weighted by molar-refractivity contribution is 0.0937. The maximum atomic E-state index is 12.4. The van der Waals surface area contributed by atoms with Crippen LogP contribution in [0.5, 0.6) is 5.75 Å². The summed E-state index contributed by atoms with van der Waals surface area (Å²) < 4.78 is 9.57. The normalized spacial score (nSPS) is 12.8. The lowest BCUT2D eigenvalue weighted by atomic mass is 10.1. The predicted octanol–water partition coefficient (Wildman–Crippen LogP) is 4.06. The average molecular weight is 411 g/mol. The maximum absolute atomic E-state index is 12.4. The van der Waals surface area contributed by atoms with E-state index in [0.29, 0.717) is 12.0 Å². The summed E-state index contributed by atoms with van der Waals surface area (Å²) in [4.78, 5) is 17.0. The molecule has 0 aliphatic rings. The minimum atomic E-state index is -0.119. The Morgan fingerprint density at radius 1 is 1.14 bits per heavy atom. The minimum Gasteiger partial charge on any atom is -0.497 e. The number of aromatic nitrogens is 2. The molecule has 1 aromatic heterocycles. The molecule has 3 rings (SSSR count). The number of ether oxygens (including phenoxy) is 1. The van der Waals surface area contributed by atoms with Crippen molar-refractivity contribution in [2.75, 3.05) is 12.4 Å². The summed E-state index contributed by atoms with van der Waals surface area (Å²) >= 11 is 1.34. The first-order valence-corrected chi connectivity index (χ1v) is 10.3. The van der Waals surface area contributed by atoms with E-state index in [1.54, 1.807) is 31.4 Å². The Balaban J connectivity index is 1.54. The van der Waals surface area contributed by atoms with Gasteiger partial charge in [0.25, 0.3) is 5.91 Å². The first kappa shape index (κ1) is 20.8. The lowest BCUT2D eigenvalue weighted by Gasteiger charge is -2.22. The molecule has 0 fully saturated rings. The molecule has 6 nitrogen and oxygen atoms in total. The molecule has 3 aromatic rings. The SMILES string of the molecule is COc1ccc(C(=O)NC(C)C(C)Nc2nc(Cc3cccc(C)c3)ns2)cc1. The van der Waals surface area contributed by atoms with Gasteiger partial charge >= 0.3 is 0 Å². The van der Waals surface area contributed by atoms with E-state index in [4.69, 9.17) is 4.74 Å². The second-order valence-corrected chi connectivity index (χ2v) is 7.86. The molecule has 0 spiro atoms. The molecule has 0 bridgehead atoms. The highest BCUT2D eigenvalue weighted by Crippen LogP contribution is 2.17. The summed E-state index contributed by atoms with van der Waals surface area (Å²) in [6, 6.07) is 15.3. The molecule has 2 aromatic carbocycles. The number of hydrogen-bond acceptors (Lipinski definition) is 6. The van der Waals surface area contributed by atoms with Crippen molar-refractivity contribution in [2.45, 2.75) is 39.3 Å². The molecule has 0 saturated carbocycles. The Morgan fingerprint density at radius 2 is 1.90 bits per heavy atom. The molecule has 0 aliphatic carbocycles. The van der Waals surface area contributed by atoms with Gasteiger partial charge < -0.3 is 15.4 Å². The highest BCUT2D eigenvalue weighted by atomic mass is 32.1. The van der Waals surface area contributed by atoms with Crippen LogP contribution < -0.4 is 15.4 Å². The summed E-state index contributed by atoms with van der Waals surface area (Å²) in [6.07, 6.45) is 0.706. The van der Waals surface area contributed by atoms with E-state index in [1.165, 1.54) is 22.7 Å². The monoisotopic (exact) mass is 410 g/mol. The van der Waals surface area contributed by atoms with E-state index in [-0.39, 0.29) is 18.0 Å². The fourth-order valence-electron chi connectivity index (χ4n) is 2.87. The average Bonchev–Trinajstić information content (AvgIpc) is 3.14. The molecule has 1 amide bonds. The number of rotatable bonds is 8. The van der Waals surface area contributed by atoms with Crippen molar-refractivity contribution in [1.82, 2.24) is 14.7 Å². The van der Waals surface area contributed by atoms with Gasteiger partial charge in [0.2, 0.25) is 5.13 Å². The highest BCUT2D eigenvalue weighted by molar-refractivity contribution is 7.09. The number of carbonyl (C=O) groups excluding carboxylic acids is 1. The number of nitrogens with zero attached hydrogens (tertiary/aromatic N) is 2. The Hall–Kier alpha value is -2.93. The van der Waals surface area contributed by atoms with Crippen molar-refractivity contribution in [3.8, 4) is 5.75 Å². The Labute approximate surface area is 175 Å². The summed E-state index contributed by atoms with van der Waals surface area (Å²) in [5.74, 6) is 1.40. The van der Waals surface area contributed by atoms with Gasteiger partial charge in [0.1, 0.15) is 11.6 Å². The number of amides is 1. The van der Waals surface area contributed by atoms with Gasteiger partial charge in [-0.2, -0.15) is 4.37 Å². The summed E-state index contributed by atoms with van der Waals surface area (Å²) in [5, 5.41) is 7.12. The van der Waals surface area contributed by atoms with Gasteiger partial charge in [0.05, 0.1) is 7.11 Å². The van der Waals surface area contributed by atoms with Crippen molar-refractivity contribution in [3.63, 3.8) is 0 Å². The van der Waals surface area contributed by atoms with Crippen LogP contribution in [0.3, 0.4) is 0 Å². The molecular formula is C22H26N4O2S. The Kier molecular flexibility index (Phi) is 6.82. The topological polar surface area (TPSA) is 76.1 Å². The van der Waals surface area contributed by atoms with Crippen molar-refractivity contribution >= 4 is 22.6 Å². The standard InChI is InChI=1S/C22H26N4O2S/c1-14-6-5-7-17(12-14)13-20-25-22(29-26-20)24-16(3)15(2)23-21(27)18-8-10-19(28-4)11-9-18/h5-12,15-16H,13H2,1-4H3,(H,23,27)(H,24,25,26). The van der Waals surface area contributed by atoms with Crippen LogP contribution in [0.25, 0.3) is 0 Å². The number of anilines is 1. The van der Waals surface area contributed by atoms with Gasteiger partial charge in [-0.25, -0.2) is 4.98 Å². The third-order valence-corrected chi connectivity index (χ3v) is 5.41. The first-order chi connectivity index (χ1) is 13.9. The minimum absolute atomic E-state index is 0.00281. The fraction of sp³-hybridized carbons (Fsp3) is 0.318. The van der Waals surface area contributed by atoms with E-state index in [9.17, 15) is 4.79 Å². The molecule has 2 N–H and O–H groups in total. The third-order valence-electron chi connectivity index (χ3n) is 4.72. The highest BCUT2D eigenvalue weighted by Gasteiger charge is 2.17. The lowest BCUT2D eigenvalue weighted by Crippen LogP contribution is -2.43.